The van der Waals surface area contributed by atoms with E-state index in [0.29, 0.717) is 30.0 Å². The van der Waals surface area contributed by atoms with Crippen LogP contribution in [0.3, 0.4) is 0 Å². The van der Waals surface area contributed by atoms with E-state index in [0.717, 1.165) is 22.9 Å². The summed E-state index contributed by atoms with van der Waals surface area (Å²) in [4.78, 5) is 24.1. The first-order valence-electron chi connectivity index (χ1n) is 10.2. The molecule has 166 valence electrons. The molecule has 0 unspecified atom stereocenters. The van der Waals surface area contributed by atoms with Crippen molar-refractivity contribution in [3.05, 3.63) is 42.5 Å². The lowest BCUT2D eigenvalue weighted by Crippen LogP contribution is -2.39. The minimum absolute atomic E-state index is 0.181. The third kappa shape index (κ3) is 3.74. The minimum Gasteiger partial charge on any atom is -0.351 e. The number of hydrogen-bond acceptors (Lipinski definition) is 5. The van der Waals surface area contributed by atoms with Crippen LogP contribution >= 0.6 is 0 Å². The Morgan fingerprint density at radius 2 is 2.16 bits per heavy atom. The van der Waals surface area contributed by atoms with Crippen LogP contribution in [0, 0.1) is 0 Å². The fraction of sp³-hybridized carbons (Fsp3) is 0.333. The largest absolute Gasteiger partial charge is 0.351 e. The number of carbonyl (C=O) groups is 1. The Morgan fingerprint density at radius 3 is 2.91 bits per heavy atom. The van der Waals surface area contributed by atoms with Crippen LogP contribution in [0.5, 0.6) is 0 Å². The molecule has 1 aliphatic carbocycles. The molecule has 0 radical (unpaired) electrons. The molecule has 1 aliphatic rings. The van der Waals surface area contributed by atoms with E-state index in [1.807, 2.05) is 6.07 Å². The number of alkyl halides is 3. The number of amides is 1. The first-order valence-corrected chi connectivity index (χ1v) is 10.2. The van der Waals surface area contributed by atoms with Crippen molar-refractivity contribution in [2.24, 2.45) is 0 Å². The summed E-state index contributed by atoms with van der Waals surface area (Å²) in [5.41, 5.74) is 1.66. The topological polar surface area (TPSA) is 100 Å². The minimum atomic E-state index is -2.63. The van der Waals surface area contributed by atoms with Gasteiger partial charge in [0.15, 0.2) is 0 Å². The highest BCUT2D eigenvalue weighted by Crippen LogP contribution is 2.35. The molecule has 0 aliphatic heterocycles. The Kier molecular flexibility index (Phi) is 4.95. The van der Waals surface area contributed by atoms with Crippen LogP contribution in [0.1, 0.15) is 29.6 Å². The normalized spacial score (nSPS) is 15.2. The maximum Gasteiger partial charge on any atom is 0.255 e. The number of aromatic amines is 1. The molecular weight excluding hydrogens is 423 g/mol. The summed E-state index contributed by atoms with van der Waals surface area (Å²) >= 11 is 0. The number of nitrogens with one attached hydrogen (secondary N) is 3. The number of H-pyrrole nitrogens is 1. The van der Waals surface area contributed by atoms with Gasteiger partial charge in [-0.15, -0.1) is 0 Å². The van der Waals surface area contributed by atoms with Crippen molar-refractivity contribution in [1.82, 2.24) is 29.9 Å². The quantitative estimate of drug-likeness (QED) is 0.406. The fourth-order valence-electron chi connectivity index (χ4n) is 3.79. The van der Waals surface area contributed by atoms with Crippen molar-refractivity contribution in [2.45, 2.75) is 31.4 Å². The second-order valence-electron chi connectivity index (χ2n) is 7.92. The van der Waals surface area contributed by atoms with E-state index in [4.69, 9.17) is 0 Å². The molecule has 8 nitrogen and oxygen atoms in total. The number of anilines is 1. The molecule has 4 heterocycles. The van der Waals surface area contributed by atoms with Crippen molar-refractivity contribution >= 4 is 28.4 Å². The predicted molar refractivity (Wildman–Crippen MR) is 113 cm³/mol. The lowest BCUT2D eigenvalue weighted by molar-refractivity contribution is 0.0782. The molecule has 4 aromatic rings. The van der Waals surface area contributed by atoms with E-state index < -0.39 is 24.5 Å². The predicted octanol–water partition coefficient (Wildman–Crippen LogP) is 3.57. The molecule has 4 aromatic heterocycles. The maximum atomic E-state index is 14.2. The van der Waals surface area contributed by atoms with Gasteiger partial charge in [-0.05, 0) is 37.0 Å². The number of rotatable bonds is 7. The second kappa shape index (κ2) is 7.81. The Labute approximate surface area is 180 Å². The van der Waals surface area contributed by atoms with Gasteiger partial charge in [-0.1, -0.05) is 0 Å². The highest BCUT2D eigenvalue weighted by molar-refractivity contribution is 6.02. The number of pyridine rings is 1. The zero-order chi connectivity index (χ0) is 22.3. The van der Waals surface area contributed by atoms with Gasteiger partial charge in [0.2, 0.25) is 5.95 Å². The monoisotopic (exact) mass is 443 g/mol. The summed E-state index contributed by atoms with van der Waals surface area (Å²) < 4.78 is 40.6. The number of fused-ring (bicyclic) bond motifs is 2. The summed E-state index contributed by atoms with van der Waals surface area (Å²) in [7, 11) is 0. The van der Waals surface area contributed by atoms with Gasteiger partial charge in [0.05, 0.1) is 30.4 Å². The van der Waals surface area contributed by atoms with Crippen molar-refractivity contribution in [3.63, 3.8) is 0 Å². The number of halogens is 3. The van der Waals surface area contributed by atoms with E-state index in [1.165, 1.54) is 10.7 Å². The van der Waals surface area contributed by atoms with E-state index in [1.54, 1.807) is 24.7 Å². The lowest BCUT2D eigenvalue weighted by Gasteiger charge is -2.33. The van der Waals surface area contributed by atoms with E-state index in [2.05, 4.69) is 30.7 Å². The Balaban J connectivity index is 1.42. The van der Waals surface area contributed by atoms with Crippen molar-refractivity contribution in [1.29, 1.82) is 0 Å². The van der Waals surface area contributed by atoms with Crippen LogP contribution in [-0.2, 0) is 0 Å². The van der Waals surface area contributed by atoms with Crippen LogP contribution in [-0.4, -0.2) is 55.7 Å². The van der Waals surface area contributed by atoms with Crippen molar-refractivity contribution in [2.75, 3.05) is 18.4 Å². The SMILES string of the molecule is O=C(NCC(F)F)c1cnn2ccc(-c3c[nH]c4nc(NCC5(F)CCC5)ncc34)cc12. The van der Waals surface area contributed by atoms with E-state index in [9.17, 15) is 18.0 Å². The average molecular weight is 443 g/mol. The van der Waals surface area contributed by atoms with Gasteiger partial charge in [0.25, 0.3) is 12.3 Å². The Hall–Kier alpha value is -3.63. The van der Waals surface area contributed by atoms with Crippen LogP contribution in [0.4, 0.5) is 19.1 Å². The smallest absolute Gasteiger partial charge is 0.255 e. The summed E-state index contributed by atoms with van der Waals surface area (Å²) in [5, 5.41) is 10.0. The van der Waals surface area contributed by atoms with Gasteiger partial charge in [0.1, 0.15) is 11.3 Å². The summed E-state index contributed by atoms with van der Waals surface area (Å²) in [6.45, 7) is -0.546. The molecule has 0 spiro atoms. The van der Waals surface area contributed by atoms with Gasteiger partial charge in [0, 0.05) is 29.5 Å². The van der Waals surface area contributed by atoms with Crippen LogP contribution in [0.15, 0.2) is 36.9 Å². The van der Waals surface area contributed by atoms with Gasteiger partial charge in [-0.25, -0.2) is 22.7 Å². The average Bonchev–Trinajstić information content (AvgIpc) is 3.38. The highest BCUT2D eigenvalue weighted by atomic mass is 19.3. The molecule has 11 heteroatoms. The summed E-state index contributed by atoms with van der Waals surface area (Å²) in [6, 6.07) is 3.57. The summed E-state index contributed by atoms with van der Waals surface area (Å²) in [5.74, 6) is -0.272. The third-order valence-corrected chi connectivity index (χ3v) is 5.74. The molecule has 5 rings (SSSR count). The molecule has 0 saturated heterocycles. The highest BCUT2D eigenvalue weighted by Gasteiger charge is 2.36. The Morgan fingerprint density at radius 1 is 1.31 bits per heavy atom. The standard InChI is InChI=1S/C21H20F3N7O/c22-17(23)10-26-19(32)15-9-29-31-5-2-12(6-16(15)31)13-7-25-18-14(13)8-27-20(30-18)28-11-21(24)3-1-4-21/h2,5-9,17H,1,3-4,10-11H2,(H,26,32)(H2,25,27,28,30). The van der Waals surface area contributed by atoms with Gasteiger partial charge < -0.3 is 15.6 Å². The van der Waals surface area contributed by atoms with Crippen molar-refractivity contribution < 1.29 is 18.0 Å². The molecule has 1 fully saturated rings. The van der Waals surface area contributed by atoms with Crippen LogP contribution in [0.2, 0.25) is 0 Å². The van der Waals surface area contributed by atoms with E-state index in [-0.39, 0.29) is 12.1 Å². The van der Waals surface area contributed by atoms with Gasteiger partial charge in [-0.3, -0.25) is 4.79 Å². The van der Waals surface area contributed by atoms with E-state index >= 15 is 0 Å². The third-order valence-electron chi connectivity index (χ3n) is 5.74. The number of hydrogen-bond donors (Lipinski definition) is 3. The number of aromatic nitrogens is 5. The first kappa shape index (κ1) is 20.3. The molecule has 0 aromatic carbocycles. The summed E-state index contributed by atoms with van der Waals surface area (Å²) in [6.07, 6.45) is 5.81. The Bertz CT molecular complexity index is 1300. The number of nitrogens with zero attached hydrogens (tertiary/aromatic N) is 4. The first-order chi connectivity index (χ1) is 15.4. The van der Waals surface area contributed by atoms with Crippen LogP contribution in [0.25, 0.3) is 27.7 Å². The van der Waals surface area contributed by atoms with Gasteiger partial charge >= 0.3 is 0 Å². The number of carbonyl (C=O) groups excluding carboxylic acids is 1. The molecular formula is C21H20F3N7O. The second-order valence-corrected chi connectivity index (χ2v) is 7.92. The molecule has 32 heavy (non-hydrogen) atoms. The van der Waals surface area contributed by atoms with Gasteiger partial charge in [-0.2, -0.15) is 10.1 Å². The zero-order valence-corrected chi connectivity index (χ0v) is 16.9. The van der Waals surface area contributed by atoms with Crippen molar-refractivity contribution in [3.8, 4) is 11.1 Å². The molecule has 0 bridgehead atoms. The molecule has 1 amide bonds. The zero-order valence-electron chi connectivity index (χ0n) is 16.9. The molecule has 3 N–H and O–H groups in total. The fourth-order valence-corrected chi connectivity index (χ4v) is 3.79. The molecule has 1 saturated carbocycles. The van der Waals surface area contributed by atoms with Crippen LogP contribution < -0.4 is 10.6 Å². The lowest BCUT2D eigenvalue weighted by atomic mass is 9.82. The maximum absolute atomic E-state index is 14.2. The molecule has 0 atom stereocenters.